The minimum atomic E-state index is -0.0949. The monoisotopic (exact) mass is 289 g/mol. The van der Waals surface area contributed by atoms with Crippen molar-refractivity contribution in [1.29, 1.82) is 0 Å². The molecule has 0 bridgehead atoms. The standard InChI is InChI=1S/C17H27N3O/c1-12(2)10-17(7-3-4-8-17)11-20-16(21)14-6-5-13(18)9-15(14)19/h5-6,9,12H,3-4,7-8,10-11,18-19H2,1-2H3,(H,20,21). The van der Waals surface area contributed by atoms with Crippen LogP contribution < -0.4 is 16.8 Å². The van der Waals surface area contributed by atoms with Gasteiger partial charge in [-0.25, -0.2) is 0 Å². The van der Waals surface area contributed by atoms with E-state index in [2.05, 4.69) is 19.2 Å². The van der Waals surface area contributed by atoms with Crippen molar-refractivity contribution < 1.29 is 4.79 Å². The number of hydrogen-bond acceptors (Lipinski definition) is 3. The molecule has 0 saturated heterocycles. The van der Waals surface area contributed by atoms with Crippen LogP contribution in [0.5, 0.6) is 0 Å². The van der Waals surface area contributed by atoms with Crippen LogP contribution in [0.3, 0.4) is 0 Å². The van der Waals surface area contributed by atoms with Crippen molar-refractivity contribution in [2.75, 3.05) is 18.0 Å². The molecular weight excluding hydrogens is 262 g/mol. The summed E-state index contributed by atoms with van der Waals surface area (Å²) in [6, 6.07) is 5.04. The number of anilines is 2. The van der Waals surface area contributed by atoms with Gasteiger partial charge in [-0.2, -0.15) is 0 Å². The highest BCUT2D eigenvalue weighted by Gasteiger charge is 2.34. The van der Waals surface area contributed by atoms with Crippen molar-refractivity contribution in [3.63, 3.8) is 0 Å². The SMILES string of the molecule is CC(C)CC1(CNC(=O)c2ccc(N)cc2N)CCCC1. The van der Waals surface area contributed by atoms with Gasteiger partial charge in [0.1, 0.15) is 0 Å². The fraction of sp³-hybridized carbons (Fsp3) is 0.588. The number of carbonyl (C=O) groups excluding carboxylic acids is 1. The molecule has 0 heterocycles. The molecule has 1 aromatic carbocycles. The predicted octanol–water partition coefficient (Wildman–Crippen LogP) is 3.19. The predicted molar refractivity (Wildman–Crippen MR) is 88.0 cm³/mol. The normalized spacial score (nSPS) is 17.1. The Balaban J connectivity index is 2.02. The van der Waals surface area contributed by atoms with Gasteiger partial charge in [0, 0.05) is 17.9 Å². The smallest absolute Gasteiger partial charge is 0.253 e. The van der Waals surface area contributed by atoms with Crippen LogP contribution in [0.15, 0.2) is 18.2 Å². The van der Waals surface area contributed by atoms with Gasteiger partial charge in [0.25, 0.3) is 5.91 Å². The molecule has 0 atom stereocenters. The third-order valence-corrected chi connectivity index (χ3v) is 4.45. The van der Waals surface area contributed by atoms with E-state index in [1.807, 2.05) is 0 Å². The van der Waals surface area contributed by atoms with E-state index in [0.29, 0.717) is 22.9 Å². The number of amides is 1. The van der Waals surface area contributed by atoms with E-state index in [1.54, 1.807) is 18.2 Å². The Hall–Kier alpha value is -1.71. The molecule has 2 rings (SSSR count). The van der Waals surface area contributed by atoms with Gasteiger partial charge in [-0.05, 0) is 48.8 Å². The van der Waals surface area contributed by atoms with E-state index in [-0.39, 0.29) is 11.3 Å². The zero-order valence-corrected chi connectivity index (χ0v) is 13.1. The molecule has 0 aliphatic heterocycles. The maximum Gasteiger partial charge on any atom is 0.253 e. The van der Waals surface area contributed by atoms with Gasteiger partial charge in [0.15, 0.2) is 0 Å². The Morgan fingerprint density at radius 2 is 1.95 bits per heavy atom. The lowest BCUT2D eigenvalue weighted by Gasteiger charge is -2.31. The van der Waals surface area contributed by atoms with Crippen molar-refractivity contribution >= 4 is 17.3 Å². The molecule has 5 N–H and O–H groups in total. The lowest BCUT2D eigenvalue weighted by atomic mass is 9.78. The van der Waals surface area contributed by atoms with Crippen LogP contribution >= 0.6 is 0 Å². The number of hydrogen-bond donors (Lipinski definition) is 3. The summed E-state index contributed by atoms with van der Waals surface area (Å²) in [6.45, 7) is 5.24. The third-order valence-electron chi connectivity index (χ3n) is 4.45. The molecule has 1 saturated carbocycles. The van der Waals surface area contributed by atoms with E-state index in [9.17, 15) is 4.79 Å². The lowest BCUT2D eigenvalue weighted by molar-refractivity contribution is 0.0922. The number of carbonyl (C=O) groups is 1. The van der Waals surface area contributed by atoms with Gasteiger partial charge in [-0.15, -0.1) is 0 Å². The molecule has 1 aliphatic rings. The Morgan fingerprint density at radius 1 is 1.29 bits per heavy atom. The van der Waals surface area contributed by atoms with Crippen LogP contribution in [0.4, 0.5) is 11.4 Å². The van der Waals surface area contributed by atoms with Gasteiger partial charge >= 0.3 is 0 Å². The quantitative estimate of drug-likeness (QED) is 0.728. The Kier molecular flexibility index (Phi) is 4.76. The summed E-state index contributed by atoms with van der Waals surface area (Å²) in [7, 11) is 0. The van der Waals surface area contributed by atoms with Gasteiger partial charge in [0.2, 0.25) is 0 Å². The van der Waals surface area contributed by atoms with Crippen LogP contribution in [0.25, 0.3) is 0 Å². The Morgan fingerprint density at radius 3 is 2.52 bits per heavy atom. The first-order valence-corrected chi connectivity index (χ1v) is 7.85. The first-order chi connectivity index (χ1) is 9.92. The summed E-state index contributed by atoms with van der Waals surface area (Å²) >= 11 is 0. The van der Waals surface area contributed by atoms with Gasteiger partial charge in [-0.1, -0.05) is 26.7 Å². The van der Waals surface area contributed by atoms with Crippen molar-refractivity contribution in [3.8, 4) is 0 Å². The summed E-state index contributed by atoms with van der Waals surface area (Å²) < 4.78 is 0. The van der Waals surface area contributed by atoms with Crippen LogP contribution in [0.1, 0.15) is 56.3 Å². The van der Waals surface area contributed by atoms with Crippen LogP contribution in [0.2, 0.25) is 0 Å². The van der Waals surface area contributed by atoms with Crippen molar-refractivity contribution in [3.05, 3.63) is 23.8 Å². The molecule has 0 radical (unpaired) electrons. The summed E-state index contributed by atoms with van der Waals surface area (Å²) in [5.74, 6) is 0.559. The first-order valence-electron chi connectivity index (χ1n) is 7.85. The lowest BCUT2D eigenvalue weighted by Crippen LogP contribution is -2.37. The number of benzene rings is 1. The topological polar surface area (TPSA) is 81.1 Å². The molecule has 1 aromatic rings. The van der Waals surface area contributed by atoms with E-state index in [1.165, 1.54) is 32.1 Å². The van der Waals surface area contributed by atoms with Gasteiger partial charge in [-0.3, -0.25) is 4.79 Å². The summed E-state index contributed by atoms with van der Waals surface area (Å²) in [5, 5.41) is 3.09. The van der Waals surface area contributed by atoms with Gasteiger partial charge < -0.3 is 16.8 Å². The van der Waals surface area contributed by atoms with Crippen molar-refractivity contribution in [2.24, 2.45) is 11.3 Å². The van der Waals surface area contributed by atoms with E-state index in [0.717, 1.165) is 6.54 Å². The summed E-state index contributed by atoms with van der Waals surface area (Å²) in [6.07, 6.45) is 6.13. The fourth-order valence-electron chi connectivity index (χ4n) is 3.60. The molecule has 1 aliphatic carbocycles. The van der Waals surface area contributed by atoms with Crippen molar-refractivity contribution in [2.45, 2.75) is 46.0 Å². The average Bonchev–Trinajstić information content (AvgIpc) is 2.84. The third kappa shape index (κ3) is 3.90. The molecule has 0 aromatic heterocycles. The maximum atomic E-state index is 12.3. The number of rotatable bonds is 5. The molecule has 4 nitrogen and oxygen atoms in total. The molecule has 0 spiro atoms. The van der Waals surface area contributed by atoms with E-state index >= 15 is 0 Å². The van der Waals surface area contributed by atoms with Crippen molar-refractivity contribution in [1.82, 2.24) is 5.32 Å². The maximum absolute atomic E-state index is 12.3. The number of nitrogen functional groups attached to an aromatic ring is 2. The molecule has 116 valence electrons. The summed E-state index contributed by atoms with van der Waals surface area (Å²) in [4.78, 5) is 12.3. The van der Waals surface area contributed by atoms with Crippen LogP contribution in [-0.2, 0) is 0 Å². The zero-order chi connectivity index (χ0) is 15.5. The average molecular weight is 289 g/mol. The second-order valence-corrected chi connectivity index (χ2v) is 6.83. The Bertz CT molecular complexity index is 505. The van der Waals surface area contributed by atoms with E-state index < -0.39 is 0 Å². The zero-order valence-electron chi connectivity index (χ0n) is 13.1. The Labute approximate surface area is 127 Å². The second kappa shape index (κ2) is 6.37. The first kappa shape index (κ1) is 15.7. The molecule has 0 unspecified atom stereocenters. The highest BCUT2D eigenvalue weighted by molar-refractivity contribution is 5.99. The number of nitrogens with two attached hydrogens (primary N) is 2. The molecule has 1 fully saturated rings. The number of nitrogens with one attached hydrogen (secondary N) is 1. The second-order valence-electron chi connectivity index (χ2n) is 6.83. The fourth-order valence-corrected chi connectivity index (χ4v) is 3.60. The molecule has 4 heteroatoms. The van der Waals surface area contributed by atoms with Gasteiger partial charge in [0.05, 0.1) is 5.56 Å². The van der Waals surface area contributed by atoms with Crippen LogP contribution in [0, 0.1) is 11.3 Å². The summed E-state index contributed by atoms with van der Waals surface area (Å²) in [5.41, 5.74) is 13.4. The largest absolute Gasteiger partial charge is 0.399 e. The van der Waals surface area contributed by atoms with E-state index in [4.69, 9.17) is 11.5 Å². The minimum absolute atomic E-state index is 0.0949. The highest BCUT2D eigenvalue weighted by Crippen LogP contribution is 2.42. The minimum Gasteiger partial charge on any atom is -0.399 e. The highest BCUT2D eigenvalue weighted by atomic mass is 16.1. The van der Waals surface area contributed by atoms with Crippen LogP contribution in [-0.4, -0.2) is 12.5 Å². The molecule has 1 amide bonds. The molecule has 21 heavy (non-hydrogen) atoms. The molecular formula is C17H27N3O.